The maximum Gasteiger partial charge on any atom is 0.240 e. The van der Waals surface area contributed by atoms with Gasteiger partial charge in [-0.15, -0.1) is 0 Å². The van der Waals surface area contributed by atoms with Crippen LogP contribution in [-0.2, 0) is 16.6 Å². The molecule has 22 heavy (non-hydrogen) atoms. The van der Waals surface area contributed by atoms with E-state index in [0.29, 0.717) is 12.4 Å². The van der Waals surface area contributed by atoms with Gasteiger partial charge in [-0.3, -0.25) is 0 Å². The highest BCUT2D eigenvalue weighted by molar-refractivity contribution is 7.89. The molecule has 2 aromatic carbocycles. The molecule has 0 fully saturated rings. The molecule has 0 amide bonds. The van der Waals surface area contributed by atoms with E-state index in [0.717, 1.165) is 5.56 Å². The fourth-order valence-electron chi connectivity index (χ4n) is 1.83. The van der Waals surface area contributed by atoms with Crippen LogP contribution < -0.4 is 9.46 Å². The van der Waals surface area contributed by atoms with E-state index in [9.17, 15) is 8.42 Å². The molecule has 0 aromatic heterocycles. The van der Waals surface area contributed by atoms with Gasteiger partial charge in [0.1, 0.15) is 12.4 Å². The first-order chi connectivity index (χ1) is 10.5. The first-order valence-corrected chi connectivity index (χ1v) is 8.39. The molecule has 2 rings (SSSR count). The second-order valence-electron chi connectivity index (χ2n) is 4.95. The fraction of sp³-hybridized carbons (Fsp3) is 0.250. The molecule has 0 aliphatic heterocycles. The van der Waals surface area contributed by atoms with E-state index in [1.807, 2.05) is 30.3 Å². The summed E-state index contributed by atoms with van der Waals surface area (Å²) in [7, 11) is -3.62. The average molecular weight is 321 g/mol. The SMILES string of the molecule is CC(CO)NS(=O)(=O)c1ccc(OCc2ccccc2)cc1. The number of hydrogen-bond acceptors (Lipinski definition) is 4. The van der Waals surface area contributed by atoms with Crippen LogP contribution in [0.15, 0.2) is 59.5 Å². The Labute approximate surface area is 130 Å². The highest BCUT2D eigenvalue weighted by atomic mass is 32.2. The van der Waals surface area contributed by atoms with Gasteiger partial charge in [0.15, 0.2) is 0 Å². The normalized spacial score (nSPS) is 12.8. The minimum atomic E-state index is -3.62. The van der Waals surface area contributed by atoms with Gasteiger partial charge < -0.3 is 9.84 Å². The second-order valence-corrected chi connectivity index (χ2v) is 6.66. The number of sulfonamides is 1. The van der Waals surface area contributed by atoms with E-state index < -0.39 is 16.1 Å². The summed E-state index contributed by atoms with van der Waals surface area (Å²) in [5.74, 6) is 0.595. The molecule has 2 aromatic rings. The van der Waals surface area contributed by atoms with E-state index in [1.165, 1.54) is 12.1 Å². The predicted molar refractivity (Wildman–Crippen MR) is 84.1 cm³/mol. The molecule has 0 saturated carbocycles. The van der Waals surface area contributed by atoms with Crippen molar-refractivity contribution in [1.29, 1.82) is 0 Å². The summed E-state index contributed by atoms with van der Waals surface area (Å²) in [6.45, 7) is 1.76. The number of rotatable bonds is 7. The zero-order valence-corrected chi connectivity index (χ0v) is 13.1. The fourth-order valence-corrected chi connectivity index (χ4v) is 3.06. The molecule has 0 aliphatic rings. The highest BCUT2D eigenvalue weighted by Gasteiger charge is 2.16. The summed E-state index contributed by atoms with van der Waals surface area (Å²) >= 11 is 0. The van der Waals surface area contributed by atoms with E-state index in [-0.39, 0.29) is 11.5 Å². The summed E-state index contributed by atoms with van der Waals surface area (Å²) in [5.41, 5.74) is 1.04. The molecule has 0 spiro atoms. The molecule has 1 unspecified atom stereocenters. The van der Waals surface area contributed by atoms with Gasteiger partial charge in [0, 0.05) is 6.04 Å². The molecular formula is C16H19NO4S. The minimum Gasteiger partial charge on any atom is -0.489 e. The Morgan fingerprint density at radius 2 is 1.73 bits per heavy atom. The number of ether oxygens (including phenoxy) is 1. The van der Waals surface area contributed by atoms with Crippen molar-refractivity contribution in [3.8, 4) is 5.75 Å². The number of nitrogens with one attached hydrogen (secondary N) is 1. The van der Waals surface area contributed by atoms with Gasteiger partial charge >= 0.3 is 0 Å². The second kappa shape index (κ2) is 7.40. The summed E-state index contributed by atoms with van der Waals surface area (Å²) in [4.78, 5) is 0.139. The molecule has 5 nitrogen and oxygen atoms in total. The van der Waals surface area contributed by atoms with E-state index in [1.54, 1.807) is 19.1 Å². The lowest BCUT2D eigenvalue weighted by Crippen LogP contribution is -2.34. The quantitative estimate of drug-likeness (QED) is 0.817. The van der Waals surface area contributed by atoms with Crippen LogP contribution in [0.2, 0.25) is 0 Å². The van der Waals surface area contributed by atoms with Crippen molar-refractivity contribution in [1.82, 2.24) is 4.72 Å². The molecule has 0 radical (unpaired) electrons. The number of hydrogen-bond donors (Lipinski definition) is 2. The van der Waals surface area contributed by atoms with Crippen LogP contribution in [0.4, 0.5) is 0 Å². The Hall–Kier alpha value is -1.89. The predicted octanol–water partition coefficient (Wildman–Crippen LogP) is 1.92. The third-order valence-electron chi connectivity index (χ3n) is 3.01. The molecule has 0 saturated heterocycles. The zero-order chi connectivity index (χ0) is 16.0. The Kier molecular flexibility index (Phi) is 5.54. The Bertz CT molecular complexity index is 684. The van der Waals surface area contributed by atoms with Crippen molar-refractivity contribution in [2.75, 3.05) is 6.61 Å². The highest BCUT2D eigenvalue weighted by Crippen LogP contribution is 2.17. The molecule has 6 heteroatoms. The summed E-state index contributed by atoms with van der Waals surface area (Å²) < 4.78 is 32.0. The van der Waals surface area contributed by atoms with Crippen LogP contribution in [-0.4, -0.2) is 26.2 Å². The number of aliphatic hydroxyl groups excluding tert-OH is 1. The number of benzene rings is 2. The lowest BCUT2D eigenvalue weighted by Gasteiger charge is -2.12. The monoisotopic (exact) mass is 321 g/mol. The lowest BCUT2D eigenvalue weighted by molar-refractivity contribution is 0.265. The van der Waals surface area contributed by atoms with Gasteiger partial charge in [0.25, 0.3) is 0 Å². The van der Waals surface area contributed by atoms with Crippen molar-refractivity contribution < 1.29 is 18.3 Å². The standard InChI is InChI=1S/C16H19NO4S/c1-13(11-18)17-22(19,20)16-9-7-15(8-10-16)21-12-14-5-3-2-4-6-14/h2-10,13,17-18H,11-12H2,1H3. The van der Waals surface area contributed by atoms with Crippen molar-refractivity contribution in [2.24, 2.45) is 0 Å². The van der Waals surface area contributed by atoms with Crippen LogP contribution in [0, 0.1) is 0 Å². The molecule has 0 aliphatic carbocycles. The topological polar surface area (TPSA) is 75.6 Å². The van der Waals surface area contributed by atoms with Gasteiger partial charge in [-0.25, -0.2) is 13.1 Å². The van der Waals surface area contributed by atoms with E-state index in [2.05, 4.69) is 4.72 Å². The lowest BCUT2D eigenvalue weighted by atomic mass is 10.2. The van der Waals surface area contributed by atoms with Crippen molar-refractivity contribution in [2.45, 2.75) is 24.5 Å². The molecule has 1 atom stereocenters. The Balaban J connectivity index is 2.01. The van der Waals surface area contributed by atoms with Crippen molar-refractivity contribution >= 4 is 10.0 Å². The molecule has 0 heterocycles. The largest absolute Gasteiger partial charge is 0.489 e. The van der Waals surface area contributed by atoms with Gasteiger partial charge in [-0.05, 0) is 36.8 Å². The van der Waals surface area contributed by atoms with Gasteiger partial charge in [-0.1, -0.05) is 30.3 Å². The van der Waals surface area contributed by atoms with E-state index in [4.69, 9.17) is 9.84 Å². The van der Waals surface area contributed by atoms with Crippen LogP contribution >= 0.6 is 0 Å². The van der Waals surface area contributed by atoms with Crippen LogP contribution in [0.5, 0.6) is 5.75 Å². The van der Waals surface area contributed by atoms with Crippen molar-refractivity contribution in [3.05, 3.63) is 60.2 Å². The first-order valence-electron chi connectivity index (χ1n) is 6.91. The summed E-state index contributed by atoms with van der Waals surface area (Å²) in [6.07, 6.45) is 0. The summed E-state index contributed by atoms with van der Waals surface area (Å²) in [6, 6.07) is 15.4. The first kappa shape index (κ1) is 16.5. The van der Waals surface area contributed by atoms with Gasteiger partial charge in [0.05, 0.1) is 11.5 Å². The molecular weight excluding hydrogens is 302 g/mol. The molecule has 2 N–H and O–H groups in total. The van der Waals surface area contributed by atoms with E-state index >= 15 is 0 Å². The number of aliphatic hydroxyl groups is 1. The van der Waals surface area contributed by atoms with Crippen LogP contribution in [0.3, 0.4) is 0 Å². The average Bonchev–Trinajstić information content (AvgIpc) is 2.54. The van der Waals surface area contributed by atoms with Gasteiger partial charge in [-0.2, -0.15) is 0 Å². The summed E-state index contributed by atoms with van der Waals surface area (Å²) in [5, 5.41) is 8.92. The maximum absolute atomic E-state index is 12.0. The third-order valence-corrected chi connectivity index (χ3v) is 4.62. The third kappa shape index (κ3) is 4.56. The molecule has 0 bridgehead atoms. The van der Waals surface area contributed by atoms with Crippen LogP contribution in [0.1, 0.15) is 12.5 Å². The van der Waals surface area contributed by atoms with Gasteiger partial charge in [0.2, 0.25) is 10.0 Å². The molecule has 118 valence electrons. The van der Waals surface area contributed by atoms with Crippen molar-refractivity contribution in [3.63, 3.8) is 0 Å². The minimum absolute atomic E-state index is 0.139. The maximum atomic E-state index is 12.0. The van der Waals surface area contributed by atoms with Crippen LogP contribution in [0.25, 0.3) is 0 Å². The Morgan fingerprint density at radius 3 is 2.32 bits per heavy atom. The smallest absolute Gasteiger partial charge is 0.240 e. The Morgan fingerprint density at radius 1 is 1.09 bits per heavy atom. The zero-order valence-electron chi connectivity index (χ0n) is 12.3.